The molecule has 0 saturated heterocycles. The average molecular weight is 520 g/mol. The van der Waals surface area contributed by atoms with E-state index in [-0.39, 0.29) is 48.3 Å². The number of thiophene rings is 1. The minimum absolute atomic E-state index is 0.0415. The fourth-order valence-corrected chi connectivity index (χ4v) is 4.88. The van der Waals surface area contributed by atoms with Crippen molar-refractivity contribution in [2.75, 3.05) is 25.1 Å². The Hall–Kier alpha value is -4.51. The van der Waals surface area contributed by atoms with Crippen LogP contribution in [0.5, 0.6) is 11.5 Å². The third-order valence-electron chi connectivity index (χ3n) is 5.68. The van der Waals surface area contributed by atoms with Crippen molar-refractivity contribution in [3.8, 4) is 11.5 Å². The van der Waals surface area contributed by atoms with Crippen LogP contribution in [0.25, 0.3) is 10.2 Å². The van der Waals surface area contributed by atoms with E-state index in [2.05, 4.69) is 10.3 Å². The maximum absolute atomic E-state index is 13.2. The third kappa shape index (κ3) is 5.07. The summed E-state index contributed by atoms with van der Waals surface area (Å²) in [6, 6.07) is 13.8. The van der Waals surface area contributed by atoms with Gasteiger partial charge in [-0.3, -0.25) is 19.0 Å². The number of nitrogens with one attached hydrogen (secondary N) is 1. The van der Waals surface area contributed by atoms with Crippen LogP contribution < -0.4 is 20.3 Å². The predicted octanol–water partition coefficient (Wildman–Crippen LogP) is 3.22. The van der Waals surface area contributed by atoms with Gasteiger partial charge in [-0.1, -0.05) is 18.2 Å². The smallest absolute Gasteiger partial charge is 0.348 e. The second kappa shape index (κ2) is 10.2. The average Bonchev–Trinajstić information content (AvgIpc) is 3.25. The zero-order chi connectivity index (χ0) is 25.9. The van der Waals surface area contributed by atoms with Gasteiger partial charge in [0.2, 0.25) is 0 Å². The third-order valence-corrected chi connectivity index (χ3v) is 6.86. The molecule has 0 atom stereocenters. The summed E-state index contributed by atoms with van der Waals surface area (Å²) in [5.74, 6) is -0.0935. The molecule has 2 aromatic heterocycles. The minimum Gasteiger partial charge on any atom is -0.490 e. The van der Waals surface area contributed by atoms with Gasteiger partial charge in [0.15, 0.2) is 12.4 Å². The summed E-state index contributed by atoms with van der Waals surface area (Å²) in [5.41, 5.74) is 0.713. The number of benzene rings is 2. The van der Waals surface area contributed by atoms with E-state index in [1.165, 1.54) is 17.0 Å². The first kappa shape index (κ1) is 24.2. The molecule has 37 heavy (non-hydrogen) atoms. The van der Waals surface area contributed by atoms with E-state index < -0.39 is 11.5 Å². The van der Waals surface area contributed by atoms with Gasteiger partial charge in [0.05, 0.1) is 23.9 Å². The van der Waals surface area contributed by atoms with E-state index in [0.29, 0.717) is 33.1 Å². The lowest BCUT2D eigenvalue weighted by molar-refractivity contribution is -0.118. The van der Waals surface area contributed by atoms with E-state index in [0.717, 1.165) is 11.3 Å². The number of esters is 1. The van der Waals surface area contributed by atoms with Gasteiger partial charge in [0, 0.05) is 5.56 Å². The molecule has 1 aliphatic rings. The largest absolute Gasteiger partial charge is 0.490 e. The molecule has 0 bridgehead atoms. The zero-order valence-corrected chi connectivity index (χ0v) is 20.5. The van der Waals surface area contributed by atoms with Crippen LogP contribution in [0.3, 0.4) is 0 Å². The van der Waals surface area contributed by atoms with Crippen molar-refractivity contribution < 1.29 is 28.6 Å². The molecule has 0 fully saturated rings. The van der Waals surface area contributed by atoms with Crippen molar-refractivity contribution in [2.45, 2.75) is 13.5 Å². The minimum atomic E-state index is -0.572. The number of para-hydroxylation sites is 1. The maximum atomic E-state index is 13.2. The summed E-state index contributed by atoms with van der Waals surface area (Å²) < 4.78 is 17.4. The van der Waals surface area contributed by atoms with Crippen molar-refractivity contribution in [3.05, 3.63) is 81.2 Å². The second-order valence-corrected chi connectivity index (χ2v) is 9.18. The van der Waals surface area contributed by atoms with Gasteiger partial charge < -0.3 is 19.5 Å². The SMILES string of the molecule is Cc1c(C(=O)OCCOc2ccccc2)sc2ncn(CC(=O)c3ccc4c(c3)NC(=O)CO4)c(=O)c12. The molecular weight excluding hydrogens is 498 g/mol. The number of amides is 1. The van der Waals surface area contributed by atoms with Crippen LogP contribution in [0.1, 0.15) is 25.6 Å². The number of carbonyl (C=O) groups excluding carboxylic acids is 3. The van der Waals surface area contributed by atoms with Gasteiger partial charge in [0.25, 0.3) is 11.5 Å². The summed E-state index contributed by atoms with van der Waals surface area (Å²) in [7, 11) is 0. The number of rotatable bonds is 8. The van der Waals surface area contributed by atoms with Gasteiger partial charge >= 0.3 is 5.97 Å². The Labute approximate surface area is 214 Å². The number of aryl methyl sites for hydroxylation is 1. The van der Waals surface area contributed by atoms with Crippen LogP contribution in [-0.2, 0) is 16.1 Å². The van der Waals surface area contributed by atoms with E-state index in [1.54, 1.807) is 31.2 Å². The summed E-state index contributed by atoms with van der Waals surface area (Å²) in [4.78, 5) is 55.2. The highest BCUT2D eigenvalue weighted by atomic mass is 32.1. The van der Waals surface area contributed by atoms with Gasteiger partial charge in [-0.25, -0.2) is 9.78 Å². The van der Waals surface area contributed by atoms with E-state index in [4.69, 9.17) is 14.2 Å². The number of fused-ring (bicyclic) bond motifs is 2. The molecule has 5 rings (SSSR count). The quantitative estimate of drug-likeness (QED) is 0.214. The van der Waals surface area contributed by atoms with Crippen molar-refractivity contribution in [1.82, 2.24) is 9.55 Å². The number of aromatic nitrogens is 2. The Morgan fingerprint density at radius 3 is 2.76 bits per heavy atom. The maximum Gasteiger partial charge on any atom is 0.348 e. The highest BCUT2D eigenvalue weighted by molar-refractivity contribution is 7.20. The Morgan fingerprint density at radius 1 is 1.14 bits per heavy atom. The van der Waals surface area contributed by atoms with Crippen LogP contribution in [0, 0.1) is 6.92 Å². The Morgan fingerprint density at radius 2 is 1.95 bits per heavy atom. The number of Topliss-reactive ketones (excluding diaryl/α,β-unsaturated/α-hetero) is 1. The van der Waals surface area contributed by atoms with E-state index in [1.807, 2.05) is 18.2 Å². The fourth-order valence-electron chi connectivity index (χ4n) is 3.85. The Bertz CT molecular complexity index is 1580. The van der Waals surface area contributed by atoms with Gasteiger partial charge in [0.1, 0.15) is 34.4 Å². The molecule has 10 nitrogen and oxygen atoms in total. The second-order valence-electron chi connectivity index (χ2n) is 8.18. The molecular formula is C26H21N3O7S. The lowest BCUT2D eigenvalue weighted by Gasteiger charge is -2.18. The molecule has 0 unspecified atom stereocenters. The molecule has 3 heterocycles. The van der Waals surface area contributed by atoms with Crippen molar-refractivity contribution in [2.24, 2.45) is 0 Å². The predicted molar refractivity (Wildman–Crippen MR) is 136 cm³/mol. The molecule has 0 spiro atoms. The molecule has 1 amide bonds. The standard InChI is InChI=1S/C26H21N3O7S/c1-15-22-24(37-23(15)26(33)35-10-9-34-17-5-3-2-4-6-17)27-14-29(25(22)32)12-19(30)16-7-8-20-18(11-16)28-21(31)13-36-20/h2-8,11,14H,9-10,12-13H2,1H3,(H,28,31). The van der Waals surface area contributed by atoms with Gasteiger partial charge in [-0.15, -0.1) is 11.3 Å². The molecule has 11 heteroatoms. The number of anilines is 1. The number of hydrogen-bond donors (Lipinski definition) is 1. The van der Waals surface area contributed by atoms with Gasteiger partial charge in [-0.2, -0.15) is 0 Å². The summed E-state index contributed by atoms with van der Waals surface area (Å²) in [6.07, 6.45) is 1.28. The number of nitrogens with zero attached hydrogens (tertiary/aromatic N) is 2. The normalized spacial score (nSPS) is 12.4. The highest BCUT2D eigenvalue weighted by Crippen LogP contribution is 2.29. The molecule has 0 saturated carbocycles. The van der Waals surface area contributed by atoms with Crippen molar-refractivity contribution in [3.63, 3.8) is 0 Å². The van der Waals surface area contributed by atoms with Crippen LogP contribution in [0.2, 0.25) is 0 Å². The molecule has 0 radical (unpaired) electrons. The van der Waals surface area contributed by atoms with Crippen LogP contribution in [0.15, 0.2) is 59.7 Å². The highest BCUT2D eigenvalue weighted by Gasteiger charge is 2.22. The molecule has 0 aliphatic carbocycles. The lowest BCUT2D eigenvalue weighted by Crippen LogP contribution is -2.26. The van der Waals surface area contributed by atoms with Crippen molar-refractivity contribution in [1.29, 1.82) is 0 Å². The monoisotopic (exact) mass is 519 g/mol. The first-order valence-electron chi connectivity index (χ1n) is 11.3. The van der Waals surface area contributed by atoms with Crippen LogP contribution in [0.4, 0.5) is 5.69 Å². The van der Waals surface area contributed by atoms with E-state index in [9.17, 15) is 19.2 Å². The fraction of sp³-hybridized carbons (Fsp3) is 0.192. The first-order valence-corrected chi connectivity index (χ1v) is 12.2. The Balaban J connectivity index is 1.29. The first-order chi connectivity index (χ1) is 17.9. The molecule has 4 aromatic rings. The summed E-state index contributed by atoms with van der Waals surface area (Å²) in [5, 5.41) is 2.92. The molecule has 1 aliphatic heterocycles. The van der Waals surface area contributed by atoms with Crippen molar-refractivity contribution >= 4 is 44.9 Å². The molecule has 2 aromatic carbocycles. The summed E-state index contributed by atoms with van der Waals surface area (Å²) >= 11 is 1.06. The number of ketones is 1. The topological polar surface area (TPSA) is 126 Å². The Kier molecular flexibility index (Phi) is 6.69. The zero-order valence-electron chi connectivity index (χ0n) is 19.7. The van der Waals surface area contributed by atoms with E-state index >= 15 is 0 Å². The van der Waals surface area contributed by atoms with Gasteiger partial charge in [-0.05, 0) is 42.8 Å². The van der Waals surface area contributed by atoms with Crippen LogP contribution in [-0.4, -0.2) is 47.0 Å². The number of hydrogen-bond acceptors (Lipinski definition) is 9. The molecule has 188 valence electrons. The summed E-state index contributed by atoms with van der Waals surface area (Å²) in [6.45, 7) is 1.53. The number of carbonyl (C=O) groups is 3. The number of ether oxygens (including phenoxy) is 3. The lowest BCUT2D eigenvalue weighted by atomic mass is 10.1. The van der Waals surface area contributed by atoms with Crippen LogP contribution >= 0.6 is 11.3 Å². The molecule has 1 N–H and O–H groups in total.